The van der Waals surface area contributed by atoms with E-state index in [1.54, 1.807) is 6.07 Å². The minimum atomic E-state index is 0.263. The lowest BCUT2D eigenvalue weighted by Crippen LogP contribution is -2.10. The summed E-state index contributed by atoms with van der Waals surface area (Å²) in [5.74, 6) is 0.263. The molecule has 0 radical (unpaired) electrons. The Balaban J connectivity index is 2.40. The van der Waals surface area contributed by atoms with Gasteiger partial charge in [-0.3, -0.25) is 0 Å². The Morgan fingerprint density at radius 3 is 2.48 bits per heavy atom. The average Bonchev–Trinajstić information content (AvgIpc) is 2.46. The summed E-state index contributed by atoms with van der Waals surface area (Å²) in [7, 11) is 3.96. The molecule has 0 aliphatic rings. The lowest BCUT2D eigenvalue weighted by Gasteiger charge is -2.19. The number of fused-ring (bicyclic) bond motifs is 1. The van der Waals surface area contributed by atoms with E-state index in [4.69, 9.17) is 11.6 Å². The van der Waals surface area contributed by atoms with Crippen molar-refractivity contribution >= 4 is 28.1 Å². The molecule has 0 aliphatic heterocycles. The first kappa shape index (κ1) is 13.8. The molecule has 3 aromatic rings. The van der Waals surface area contributed by atoms with Crippen molar-refractivity contribution in [3.05, 3.63) is 59.6 Å². The number of hydrogen-bond acceptors (Lipinski definition) is 2. The van der Waals surface area contributed by atoms with Gasteiger partial charge in [-0.1, -0.05) is 41.9 Å². The summed E-state index contributed by atoms with van der Waals surface area (Å²) in [4.78, 5) is 2.02. The van der Waals surface area contributed by atoms with Gasteiger partial charge in [-0.25, -0.2) is 0 Å². The standard InChI is InChI=1S/C18H16ClNO/c1-20(2)16-9-8-13(19)11-15(16)18-14-6-4-3-5-12(14)7-10-17(18)21/h3-11,21H,1-2H3. The second-order valence-electron chi connectivity index (χ2n) is 5.24. The first-order valence-electron chi connectivity index (χ1n) is 6.76. The highest BCUT2D eigenvalue weighted by molar-refractivity contribution is 6.31. The minimum Gasteiger partial charge on any atom is -0.507 e. The molecule has 0 bridgehead atoms. The van der Waals surface area contributed by atoms with Crippen molar-refractivity contribution in [3.8, 4) is 16.9 Å². The van der Waals surface area contributed by atoms with Crippen LogP contribution in [0.25, 0.3) is 21.9 Å². The van der Waals surface area contributed by atoms with Crippen LogP contribution in [0.2, 0.25) is 5.02 Å². The van der Waals surface area contributed by atoms with Gasteiger partial charge in [0.1, 0.15) is 5.75 Å². The van der Waals surface area contributed by atoms with Gasteiger partial charge in [-0.15, -0.1) is 0 Å². The van der Waals surface area contributed by atoms with Gasteiger partial charge in [0.15, 0.2) is 0 Å². The van der Waals surface area contributed by atoms with E-state index in [9.17, 15) is 5.11 Å². The fourth-order valence-electron chi connectivity index (χ4n) is 2.64. The van der Waals surface area contributed by atoms with Gasteiger partial charge >= 0.3 is 0 Å². The summed E-state index contributed by atoms with van der Waals surface area (Å²) in [5, 5.41) is 13.2. The third kappa shape index (κ3) is 2.43. The number of hydrogen-bond donors (Lipinski definition) is 1. The van der Waals surface area contributed by atoms with Crippen molar-refractivity contribution in [2.45, 2.75) is 0 Å². The molecule has 0 atom stereocenters. The van der Waals surface area contributed by atoms with Crippen molar-refractivity contribution < 1.29 is 5.11 Å². The molecule has 106 valence electrons. The maximum Gasteiger partial charge on any atom is 0.124 e. The van der Waals surface area contributed by atoms with E-state index in [-0.39, 0.29) is 5.75 Å². The Bertz CT molecular complexity index is 811. The van der Waals surface area contributed by atoms with Crippen LogP contribution in [0.3, 0.4) is 0 Å². The van der Waals surface area contributed by atoms with Gasteiger partial charge in [-0.05, 0) is 35.0 Å². The summed E-state index contributed by atoms with van der Waals surface area (Å²) in [5.41, 5.74) is 2.77. The van der Waals surface area contributed by atoms with E-state index in [1.807, 2.05) is 67.5 Å². The molecule has 0 heterocycles. The van der Waals surface area contributed by atoms with Crippen LogP contribution in [0.5, 0.6) is 5.75 Å². The Hall–Kier alpha value is -2.19. The third-order valence-corrected chi connectivity index (χ3v) is 3.85. The van der Waals surface area contributed by atoms with Crippen molar-refractivity contribution in [1.82, 2.24) is 0 Å². The van der Waals surface area contributed by atoms with Crippen molar-refractivity contribution in [3.63, 3.8) is 0 Å². The molecular formula is C18H16ClNO. The summed E-state index contributed by atoms with van der Waals surface area (Å²) < 4.78 is 0. The molecule has 1 N–H and O–H groups in total. The number of phenolic OH excluding ortho intramolecular Hbond substituents is 1. The predicted molar refractivity (Wildman–Crippen MR) is 90.4 cm³/mol. The Labute approximate surface area is 129 Å². The zero-order valence-corrected chi connectivity index (χ0v) is 12.7. The van der Waals surface area contributed by atoms with Crippen LogP contribution < -0.4 is 4.90 Å². The summed E-state index contributed by atoms with van der Waals surface area (Å²) in [6.45, 7) is 0. The van der Waals surface area contributed by atoms with Crippen molar-refractivity contribution in [1.29, 1.82) is 0 Å². The molecule has 3 heteroatoms. The SMILES string of the molecule is CN(C)c1ccc(Cl)cc1-c1c(O)ccc2ccccc12. The van der Waals surface area contributed by atoms with Crippen LogP contribution in [-0.2, 0) is 0 Å². The van der Waals surface area contributed by atoms with Gasteiger partial charge in [0.25, 0.3) is 0 Å². The molecule has 0 amide bonds. The third-order valence-electron chi connectivity index (χ3n) is 3.62. The second-order valence-corrected chi connectivity index (χ2v) is 5.67. The van der Waals surface area contributed by atoms with Crippen LogP contribution in [0.1, 0.15) is 0 Å². The van der Waals surface area contributed by atoms with E-state index in [2.05, 4.69) is 0 Å². The summed E-state index contributed by atoms with van der Waals surface area (Å²) in [6, 6.07) is 17.4. The molecule has 21 heavy (non-hydrogen) atoms. The minimum absolute atomic E-state index is 0.263. The van der Waals surface area contributed by atoms with Crippen LogP contribution >= 0.6 is 11.6 Å². The first-order chi connectivity index (χ1) is 10.1. The zero-order valence-electron chi connectivity index (χ0n) is 12.0. The fourth-order valence-corrected chi connectivity index (χ4v) is 2.81. The number of aromatic hydroxyl groups is 1. The molecule has 0 saturated carbocycles. The van der Waals surface area contributed by atoms with Crippen LogP contribution in [0.4, 0.5) is 5.69 Å². The van der Waals surface area contributed by atoms with Crippen LogP contribution in [-0.4, -0.2) is 19.2 Å². The molecule has 0 spiro atoms. The van der Waals surface area contributed by atoms with Gasteiger partial charge in [0.2, 0.25) is 0 Å². The van der Waals surface area contributed by atoms with Gasteiger partial charge in [-0.2, -0.15) is 0 Å². The molecule has 0 fully saturated rings. The Kier molecular flexibility index (Phi) is 3.48. The van der Waals surface area contributed by atoms with Gasteiger partial charge in [0.05, 0.1) is 0 Å². The van der Waals surface area contributed by atoms with Crippen LogP contribution in [0.15, 0.2) is 54.6 Å². The average molecular weight is 298 g/mol. The number of anilines is 1. The molecule has 2 nitrogen and oxygen atoms in total. The molecule has 3 rings (SSSR count). The van der Waals surface area contributed by atoms with E-state index in [0.717, 1.165) is 27.6 Å². The Morgan fingerprint density at radius 1 is 0.952 bits per heavy atom. The van der Waals surface area contributed by atoms with Gasteiger partial charge < -0.3 is 10.0 Å². The maximum atomic E-state index is 10.4. The lowest BCUT2D eigenvalue weighted by molar-refractivity contribution is 0.478. The van der Waals surface area contributed by atoms with Gasteiger partial charge in [0, 0.05) is 35.9 Å². The molecule has 3 aromatic carbocycles. The number of benzene rings is 3. The largest absolute Gasteiger partial charge is 0.507 e. The molecule has 0 aromatic heterocycles. The topological polar surface area (TPSA) is 23.5 Å². The smallest absolute Gasteiger partial charge is 0.124 e. The van der Waals surface area contributed by atoms with E-state index in [0.29, 0.717) is 5.02 Å². The molecule has 0 unspecified atom stereocenters. The summed E-state index contributed by atoms with van der Waals surface area (Å²) >= 11 is 6.17. The second kappa shape index (κ2) is 5.30. The fraction of sp³-hybridized carbons (Fsp3) is 0.111. The van der Waals surface area contributed by atoms with E-state index in [1.165, 1.54) is 0 Å². The van der Waals surface area contributed by atoms with Crippen LogP contribution in [0, 0.1) is 0 Å². The number of halogens is 1. The Morgan fingerprint density at radius 2 is 1.71 bits per heavy atom. The highest BCUT2D eigenvalue weighted by Gasteiger charge is 2.14. The number of nitrogens with zero attached hydrogens (tertiary/aromatic N) is 1. The summed E-state index contributed by atoms with van der Waals surface area (Å²) in [6.07, 6.45) is 0. The molecular weight excluding hydrogens is 282 g/mol. The number of rotatable bonds is 2. The highest BCUT2D eigenvalue weighted by atomic mass is 35.5. The zero-order chi connectivity index (χ0) is 15.0. The first-order valence-corrected chi connectivity index (χ1v) is 7.13. The van der Waals surface area contributed by atoms with E-state index < -0.39 is 0 Å². The van der Waals surface area contributed by atoms with E-state index >= 15 is 0 Å². The normalized spacial score (nSPS) is 10.8. The molecule has 0 aliphatic carbocycles. The quantitative estimate of drug-likeness (QED) is 0.725. The number of phenols is 1. The van der Waals surface area contributed by atoms with Crippen molar-refractivity contribution in [2.24, 2.45) is 0 Å². The maximum absolute atomic E-state index is 10.4. The lowest BCUT2D eigenvalue weighted by atomic mass is 9.95. The molecule has 0 saturated heterocycles. The highest BCUT2D eigenvalue weighted by Crippen LogP contribution is 2.41. The monoisotopic (exact) mass is 297 g/mol. The van der Waals surface area contributed by atoms with Crippen molar-refractivity contribution in [2.75, 3.05) is 19.0 Å². The predicted octanol–water partition coefficient (Wildman–Crippen LogP) is 4.93.